The highest BCUT2D eigenvalue weighted by Crippen LogP contribution is 2.30. The van der Waals surface area contributed by atoms with Gasteiger partial charge in [0.15, 0.2) is 0 Å². The monoisotopic (exact) mass is 420 g/mol. The zero-order valence-corrected chi connectivity index (χ0v) is 13.9. The Morgan fingerprint density at radius 3 is 2.95 bits per heavy atom. The van der Waals surface area contributed by atoms with Crippen molar-refractivity contribution in [2.45, 2.75) is 6.92 Å². The first-order valence-corrected chi connectivity index (χ1v) is 7.89. The summed E-state index contributed by atoms with van der Waals surface area (Å²) in [5, 5.41) is 4.27. The number of thiophene rings is 1. The van der Waals surface area contributed by atoms with E-state index >= 15 is 0 Å². The number of halogens is 3. The maximum atomic E-state index is 13.9. The summed E-state index contributed by atoms with van der Waals surface area (Å²) in [6.45, 7) is 1.95. The van der Waals surface area contributed by atoms with Gasteiger partial charge in [0.25, 0.3) is 5.91 Å². The molecule has 102 valence electrons. The van der Waals surface area contributed by atoms with Gasteiger partial charge in [0.2, 0.25) is 0 Å². The van der Waals surface area contributed by atoms with E-state index in [-0.39, 0.29) is 10.6 Å². The van der Waals surface area contributed by atoms with E-state index < -0.39 is 11.7 Å². The van der Waals surface area contributed by atoms with Gasteiger partial charge in [-0.05, 0) is 47.7 Å². The molecule has 0 saturated carbocycles. The van der Waals surface area contributed by atoms with Crippen molar-refractivity contribution in [3.05, 3.63) is 49.2 Å². The number of rotatable bonds is 1. The van der Waals surface area contributed by atoms with Crippen molar-refractivity contribution >= 4 is 61.7 Å². The van der Waals surface area contributed by atoms with Gasteiger partial charge >= 0.3 is 0 Å². The van der Waals surface area contributed by atoms with Crippen molar-refractivity contribution in [2.75, 3.05) is 0 Å². The Kier molecular flexibility index (Phi) is 3.55. The zero-order valence-electron chi connectivity index (χ0n) is 10.2. The summed E-state index contributed by atoms with van der Waals surface area (Å²) in [6.07, 6.45) is 0. The molecule has 20 heavy (non-hydrogen) atoms. The van der Waals surface area contributed by atoms with Crippen LogP contribution in [-0.4, -0.2) is 15.7 Å². The fraction of sp³-hybridized carbons (Fsp3) is 0.0769. The van der Waals surface area contributed by atoms with Gasteiger partial charge in [0.05, 0.1) is 20.8 Å². The number of benzene rings is 1. The van der Waals surface area contributed by atoms with E-state index in [0.29, 0.717) is 5.52 Å². The van der Waals surface area contributed by atoms with Crippen LogP contribution in [0.2, 0.25) is 5.02 Å². The molecule has 0 saturated heterocycles. The van der Waals surface area contributed by atoms with Crippen LogP contribution < -0.4 is 0 Å². The third kappa shape index (κ3) is 2.15. The van der Waals surface area contributed by atoms with E-state index in [1.165, 1.54) is 22.9 Å². The third-order valence-electron chi connectivity index (χ3n) is 2.81. The minimum absolute atomic E-state index is 0.0839. The average molecular weight is 421 g/mol. The molecule has 2 aromatic heterocycles. The lowest BCUT2D eigenvalue weighted by Gasteiger charge is -2.05. The summed E-state index contributed by atoms with van der Waals surface area (Å²) in [5.41, 5.74) is 0.528. The molecule has 1 aromatic carbocycles. The number of hydrogen-bond acceptors (Lipinski definition) is 3. The topological polar surface area (TPSA) is 34.9 Å². The average Bonchev–Trinajstić information content (AvgIpc) is 2.89. The van der Waals surface area contributed by atoms with Crippen LogP contribution in [0.3, 0.4) is 0 Å². The molecule has 0 atom stereocenters. The van der Waals surface area contributed by atoms with Gasteiger partial charge in [-0.15, -0.1) is 11.3 Å². The van der Waals surface area contributed by atoms with Crippen molar-refractivity contribution < 1.29 is 9.18 Å². The normalized spacial score (nSPS) is 11.2. The van der Waals surface area contributed by atoms with Crippen LogP contribution in [0.1, 0.15) is 15.2 Å². The molecule has 3 rings (SSSR count). The quantitative estimate of drug-likeness (QED) is 0.544. The molecule has 0 N–H and O–H groups in total. The zero-order chi connectivity index (χ0) is 14.4. The molecule has 0 aliphatic heterocycles. The second-order valence-electron chi connectivity index (χ2n) is 4.18. The maximum absolute atomic E-state index is 13.9. The van der Waals surface area contributed by atoms with Gasteiger partial charge < -0.3 is 0 Å². The predicted molar refractivity (Wildman–Crippen MR) is 86.2 cm³/mol. The fourth-order valence-electron chi connectivity index (χ4n) is 1.96. The van der Waals surface area contributed by atoms with E-state index in [1.807, 2.05) is 13.0 Å². The van der Waals surface area contributed by atoms with Gasteiger partial charge in [-0.1, -0.05) is 17.7 Å². The molecule has 3 aromatic rings. The summed E-state index contributed by atoms with van der Waals surface area (Å²) in [7, 11) is 0. The third-order valence-corrected chi connectivity index (χ3v) is 5.29. The molecule has 7 heteroatoms. The Labute approximate surface area is 136 Å². The lowest BCUT2D eigenvalue weighted by Crippen LogP contribution is -2.15. The second kappa shape index (κ2) is 5.09. The highest BCUT2D eigenvalue weighted by molar-refractivity contribution is 14.1. The molecule has 0 fully saturated rings. The summed E-state index contributed by atoms with van der Waals surface area (Å²) in [5.74, 6) is -1.20. The highest BCUT2D eigenvalue weighted by atomic mass is 127. The van der Waals surface area contributed by atoms with Crippen molar-refractivity contribution in [3.63, 3.8) is 0 Å². The van der Waals surface area contributed by atoms with Crippen molar-refractivity contribution in [3.8, 4) is 0 Å². The smallest absolute Gasteiger partial charge is 0.267 e. The number of carbonyl (C=O) groups is 1. The molecule has 0 spiro atoms. The molecule has 0 aliphatic carbocycles. The molecule has 2 heterocycles. The second-order valence-corrected chi connectivity index (χ2v) is 6.86. The number of hydrogen-bond donors (Lipinski definition) is 0. The Morgan fingerprint density at radius 1 is 1.50 bits per heavy atom. The largest absolute Gasteiger partial charge is 0.283 e. The minimum Gasteiger partial charge on any atom is -0.267 e. The van der Waals surface area contributed by atoms with Gasteiger partial charge in [-0.25, -0.2) is 4.39 Å². The van der Waals surface area contributed by atoms with E-state index in [0.717, 1.165) is 13.3 Å². The Hall–Kier alpha value is -0.990. The standard InChI is InChI=1S/C13H7ClFIN2OS/c1-6-5-9-11(20-6)12(16)17-18(9)13(19)10-7(14)3-2-4-8(10)15/h2-5H,1H3. The number of carbonyl (C=O) groups excluding carboxylic acids is 1. The van der Waals surface area contributed by atoms with Crippen LogP contribution in [0.15, 0.2) is 24.3 Å². The lowest BCUT2D eigenvalue weighted by atomic mass is 10.2. The Morgan fingerprint density at radius 2 is 2.25 bits per heavy atom. The first kappa shape index (κ1) is 14.0. The molecule has 0 unspecified atom stereocenters. The first-order valence-electron chi connectivity index (χ1n) is 5.62. The number of nitrogens with zero attached hydrogens (tertiary/aromatic N) is 2. The molecule has 3 nitrogen and oxygen atoms in total. The van der Waals surface area contributed by atoms with Gasteiger partial charge in [-0.3, -0.25) is 4.79 Å². The molecule has 0 aliphatic rings. The molecule has 0 amide bonds. The fourth-order valence-corrected chi connectivity index (χ4v) is 3.89. The molecular weight excluding hydrogens is 414 g/mol. The maximum Gasteiger partial charge on any atom is 0.283 e. The summed E-state index contributed by atoms with van der Waals surface area (Å²) in [4.78, 5) is 13.6. The van der Waals surface area contributed by atoms with Crippen molar-refractivity contribution in [1.29, 1.82) is 0 Å². The first-order chi connectivity index (χ1) is 9.49. The van der Waals surface area contributed by atoms with E-state index in [1.54, 1.807) is 11.3 Å². The van der Waals surface area contributed by atoms with Crippen LogP contribution >= 0.6 is 45.5 Å². The number of aryl methyl sites for hydroxylation is 1. The number of fused-ring (bicyclic) bond motifs is 1. The molecule has 0 radical (unpaired) electrons. The van der Waals surface area contributed by atoms with Crippen LogP contribution in [0.4, 0.5) is 4.39 Å². The van der Waals surface area contributed by atoms with Crippen LogP contribution in [0.25, 0.3) is 10.2 Å². The van der Waals surface area contributed by atoms with Crippen molar-refractivity contribution in [2.24, 2.45) is 0 Å². The predicted octanol–water partition coefficient (Wildman–Crippen LogP) is 4.49. The van der Waals surface area contributed by atoms with E-state index in [4.69, 9.17) is 11.6 Å². The van der Waals surface area contributed by atoms with Gasteiger partial charge in [-0.2, -0.15) is 9.78 Å². The van der Waals surface area contributed by atoms with Crippen molar-refractivity contribution in [1.82, 2.24) is 9.78 Å². The van der Waals surface area contributed by atoms with Crippen LogP contribution in [0, 0.1) is 16.4 Å². The van der Waals surface area contributed by atoms with Gasteiger partial charge in [0, 0.05) is 4.88 Å². The summed E-state index contributed by atoms with van der Waals surface area (Å²) < 4.78 is 16.7. The lowest BCUT2D eigenvalue weighted by molar-refractivity contribution is 0.0946. The van der Waals surface area contributed by atoms with E-state index in [9.17, 15) is 9.18 Å². The van der Waals surface area contributed by atoms with Crippen LogP contribution in [0.5, 0.6) is 0 Å². The highest BCUT2D eigenvalue weighted by Gasteiger charge is 2.22. The molecule has 0 bridgehead atoms. The van der Waals surface area contributed by atoms with Crippen LogP contribution in [-0.2, 0) is 0 Å². The number of aromatic nitrogens is 2. The Balaban J connectivity index is 2.23. The minimum atomic E-state index is -0.645. The summed E-state index contributed by atoms with van der Waals surface area (Å²) >= 11 is 9.55. The van der Waals surface area contributed by atoms with E-state index in [2.05, 4.69) is 27.7 Å². The molecular formula is C13H7ClFIN2OS. The van der Waals surface area contributed by atoms with Gasteiger partial charge in [0.1, 0.15) is 9.52 Å². The Bertz CT molecular complexity index is 822. The summed E-state index contributed by atoms with van der Waals surface area (Å²) in [6, 6.07) is 6.03. The SMILES string of the molecule is Cc1cc2c(s1)c(I)nn2C(=O)c1c(F)cccc1Cl.